The van der Waals surface area contributed by atoms with Crippen molar-refractivity contribution in [2.24, 2.45) is 0 Å². The van der Waals surface area contributed by atoms with Crippen LogP contribution in [0.3, 0.4) is 0 Å². The van der Waals surface area contributed by atoms with Crippen molar-refractivity contribution in [2.45, 2.75) is 0 Å². The van der Waals surface area contributed by atoms with Crippen molar-refractivity contribution < 1.29 is 13.6 Å². The summed E-state index contributed by atoms with van der Waals surface area (Å²) in [5.41, 5.74) is 1.14. The maximum Gasteiger partial charge on any atom is 0.275 e. The molecule has 0 radical (unpaired) electrons. The molecule has 3 nitrogen and oxygen atoms in total. The zero-order valence-corrected chi connectivity index (χ0v) is 8.72. The molecule has 2 aromatic rings. The zero-order chi connectivity index (χ0) is 11.5. The van der Waals surface area contributed by atoms with Gasteiger partial charge in [0.2, 0.25) is 0 Å². The van der Waals surface area contributed by atoms with Gasteiger partial charge in [-0.05, 0) is 12.1 Å². The summed E-state index contributed by atoms with van der Waals surface area (Å²) in [5.74, 6) is -2.27. The van der Waals surface area contributed by atoms with Crippen LogP contribution in [0.15, 0.2) is 29.1 Å². The molecule has 0 atom stereocenters. The molecule has 0 spiro atoms. The monoisotopic (exact) mass is 240 g/mol. The Morgan fingerprint density at radius 2 is 2.00 bits per heavy atom. The Balaban J connectivity index is 2.25. The first kappa shape index (κ1) is 10.7. The summed E-state index contributed by atoms with van der Waals surface area (Å²) < 4.78 is 26.4. The number of nitrogens with zero attached hydrogens (tertiary/aromatic N) is 1. The number of thiazole rings is 1. The van der Waals surface area contributed by atoms with Crippen molar-refractivity contribution in [3.63, 3.8) is 0 Å². The van der Waals surface area contributed by atoms with Crippen LogP contribution in [0.1, 0.15) is 10.5 Å². The highest BCUT2D eigenvalue weighted by atomic mass is 32.1. The number of hydrogen-bond donors (Lipinski definition) is 1. The molecule has 0 saturated heterocycles. The molecule has 1 N–H and O–H groups in total. The minimum absolute atomic E-state index is 0.132. The number of halogens is 2. The minimum atomic E-state index is -0.816. The third-order valence-electron chi connectivity index (χ3n) is 1.87. The molecule has 6 heteroatoms. The highest BCUT2D eigenvalue weighted by molar-refractivity contribution is 7.07. The van der Waals surface area contributed by atoms with Crippen molar-refractivity contribution in [2.75, 3.05) is 5.32 Å². The first-order valence-corrected chi connectivity index (χ1v) is 5.26. The molecule has 0 unspecified atom stereocenters. The number of carbonyl (C=O) groups excluding carboxylic acids is 1. The van der Waals surface area contributed by atoms with Gasteiger partial charge in [-0.15, -0.1) is 11.3 Å². The van der Waals surface area contributed by atoms with Gasteiger partial charge in [-0.2, -0.15) is 0 Å². The average molecular weight is 240 g/mol. The van der Waals surface area contributed by atoms with Crippen LogP contribution >= 0.6 is 11.3 Å². The smallest absolute Gasteiger partial charge is 0.275 e. The summed E-state index contributed by atoms with van der Waals surface area (Å²) in [7, 11) is 0. The van der Waals surface area contributed by atoms with Crippen molar-refractivity contribution in [1.29, 1.82) is 0 Å². The van der Waals surface area contributed by atoms with Gasteiger partial charge in [0.15, 0.2) is 0 Å². The normalized spacial score (nSPS) is 10.1. The van der Waals surface area contributed by atoms with Crippen LogP contribution in [0, 0.1) is 11.6 Å². The van der Waals surface area contributed by atoms with Crippen molar-refractivity contribution >= 4 is 22.9 Å². The van der Waals surface area contributed by atoms with Crippen molar-refractivity contribution in [1.82, 2.24) is 4.98 Å². The Bertz CT molecular complexity index is 493. The molecule has 0 fully saturated rings. The molecular weight excluding hydrogens is 234 g/mol. The third-order valence-corrected chi connectivity index (χ3v) is 2.45. The van der Waals surface area contributed by atoms with Gasteiger partial charge < -0.3 is 5.32 Å². The molecule has 2 rings (SSSR count). The lowest BCUT2D eigenvalue weighted by atomic mass is 10.3. The summed E-state index contributed by atoms with van der Waals surface area (Å²) in [6.45, 7) is 0. The summed E-state index contributed by atoms with van der Waals surface area (Å²) in [5, 5.41) is 3.63. The summed E-state index contributed by atoms with van der Waals surface area (Å²) >= 11 is 1.23. The van der Waals surface area contributed by atoms with Crippen LogP contribution in [0.4, 0.5) is 14.5 Å². The maximum absolute atomic E-state index is 13.2. The third kappa shape index (κ3) is 2.06. The van der Waals surface area contributed by atoms with Gasteiger partial charge in [-0.25, -0.2) is 13.8 Å². The van der Waals surface area contributed by atoms with Gasteiger partial charge in [-0.3, -0.25) is 4.79 Å². The number of nitrogens with one attached hydrogen (secondary N) is 1. The number of aromatic nitrogens is 1. The minimum Gasteiger partial charge on any atom is -0.316 e. The molecule has 0 saturated carbocycles. The van der Waals surface area contributed by atoms with E-state index in [2.05, 4.69) is 10.3 Å². The fraction of sp³-hybridized carbons (Fsp3) is 0. The second kappa shape index (κ2) is 4.36. The number of hydrogen-bond acceptors (Lipinski definition) is 3. The van der Waals surface area contributed by atoms with E-state index in [4.69, 9.17) is 0 Å². The molecular formula is C10H6F2N2OS. The van der Waals surface area contributed by atoms with Crippen LogP contribution < -0.4 is 5.32 Å². The van der Waals surface area contributed by atoms with E-state index in [1.54, 1.807) is 0 Å². The van der Waals surface area contributed by atoms with Crippen molar-refractivity contribution in [3.05, 3.63) is 46.4 Å². The molecule has 1 amide bonds. The Morgan fingerprint density at radius 1 is 1.31 bits per heavy atom. The Hall–Kier alpha value is -1.82. The molecule has 16 heavy (non-hydrogen) atoms. The SMILES string of the molecule is O=C(Nc1c(F)cccc1F)c1cscn1. The number of para-hydroxylation sites is 1. The van der Waals surface area contributed by atoms with Crippen LogP contribution in [-0.4, -0.2) is 10.9 Å². The van der Waals surface area contributed by atoms with E-state index in [1.807, 2.05) is 0 Å². The molecule has 1 aromatic carbocycles. The van der Waals surface area contributed by atoms with E-state index >= 15 is 0 Å². The Kier molecular flexibility index (Phi) is 2.91. The zero-order valence-electron chi connectivity index (χ0n) is 7.91. The van der Waals surface area contributed by atoms with Crippen molar-refractivity contribution in [3.8, 4) is 0 Å². The lowest BCUT2D eigenvalue weighted by Crippen LogP contribution is -2.14. The van der Waals surface area contributed by atoms with Crippen LogP contribution in [0.25, 0.3) is 0 Å². The van der Waals surface area contributed by atoms with Gasteiger partial charge in [0.1, 0.15) is 23.0 Å². The Labute approximate surface area is 93.8 Å². The Morgan fingerprint density at radius 3 is 2.56 bits per heavy atom. The first-order chi connectivity index (χ1) is 7.68. The molecule has 82 valence electrons. The number of anilines is 1. The predicted octanol–water partition coefficient (Wildman–Crippen LogP) is 2.67. The number of carbonyl (C=O) groups is 1. The topological polar surface area (TPSA) is 42.0 Å². The van der Waals surface area contributed by atoms with E-state index in [1.165, 1.54) is 28.3 Å². The number of rotatable bonds is 2. The first-order valence-electron chi connectivity index (χ1n) is 4.32. The van der Waals surface area contributed by atoms with E-state index < -0.39 is 23.2 Å². The summed E-state index contributed by atoms with van der Waals surface area (Å²) in [6.07, 6.45) is 0. The summed E-state index contributed by atoms with van der Waals surface area (Å²) in [4.78, 5) is 15.2. The fourth-order valence-electron chi connectivity index (χ4n) is 1.12. The van der Waals surface area contributed by atoms with E-state index in [9.17, 15) is 13.6 Å². The quantitative estimate of drug-likeness (QED) is 0.876. The molecule has 0 bridgehead atoms. The molecule has 0 aliphatic carbocycles. The number of benzene rings is 1. The van der Waals surface area contributed by atoms with Gasteiger partial charge in [0.05, 0.1) is 5.51 Å². The molecule has 0 aliphatic heterocycles. The largest absolute Gasteiger partial charge is 0.316 e. The summed E-state index contributed by atoms with van der Waals surface area (Å²) in [6, 6.07) is 3.36. The van der Waals surface area contributed by atoms with Crippen LogP contribution in [0.2, 0.25) is 0 Å². The van der Waals surface area contributed by atoms with Gasteiger partial charge in [0.25, 0.3) is 5.91 Å². The molecule has 1 aromatic heterocycles. The van der Waals surface area contributed by atoms with Gasteiger partial charge >= 0.3 is 0 Å². The van der Waals surface area contributed by atoms with Gasteiger partial charge in [-0.1, -0.05) is 6.07 Å². The second-order valence-corrected chi connectivity index (χ2v) is 3.64. The lowest BCUT2D eigenvalue weighted by molar-refractivity contribution is 0.102. The highest BCUT2D eigenvalue weighted by Crippen LogP contribution is 2.18. The fourth-order valence-corrected chi connectivity index (χ4v) is 1.65. The van der Waals surface area contributed by atoms with Crippen LogP contribution in [-0.2, 0) is 0 Å². The second-order valence-electron chi connectivity index (χ2n) is 2.92. The van der Waals surface area contributed by atoms with E-state index in [-0.39, 0.29) is 5.69 Å². The molecule has 1 heterocycles. The predicted molar refractivity (Wildman–Crippen MR) is 56.4 cm³/mol. The number of amides is 1. The lowest BCUT2D eigenvalue weighted by Gasteiger charge is -2.05. The average Bonchev–Trinajstić information content (AvgIpc) is 2.76. The van der Waals surface area contributed by atoms with Gasteiger partial charge in [0, 0.05) is 5.38 Å². The maximum atomic E-state index is 13.2. The van der Waals surface area contributed by atoms with Crippen LogP contribution in [0.5, 0.6) is 0 Å². The van der Waals surface area contributed by atoms with E-state index in [0.717, 1.165) is 12.1 Å². The highest BCUT2D eigenvalue weighted by Gasteiger charge is 2.14. The van der Waals surface area contributed by atoms with E-state index in [0.29, 0.717) is 0 Å². The standard InChI is InChI=1S/C10H6F2N2OS/c11-6-2-1-3-7(12)9(6)14-10(15)8-4-16-5-13-8/h1-5H,(H,14,15). The molecule has 0 aliphatic rings.